The number of carbonyl (C=O) groups is 3. The van der Waals surface area contributed by atoms with Crippen molar-refractivity contribution in [2.45, 2.75) is 44.7 Å². The van der Waals surface area contributed by atoms with Crippen molar-refractivity contribution >= 4 is 29.3 Å². The molecule has 1 fully saturated rings. The molecule has 0 bridgehead atoms. The summed E-state index contributed by atoms with van der Waals surface area (Å²) in [5, 5.41) is 12.5. The summed E-state index contributed by atoms with van der Waals surface area (Å²) in [7, 11) is 6.15. The first-order valence-corrected chi connectivity index (χ1v) is 12.7. The highest BCUT2D eigenvalue weighted by Crippen LogP contribution is 2.52. The van der Waals surface area contributed by atoms with Crippen LogP contribution in [0.5, 0.6) is 5.75 Å². The SMILES string of the molecule is COCC1(COC(=O)N(C)C)CC(C(=O)O)N(C(=O)c2ccc(C(C)(C)C)c(OC)c2)C1c1nccs1. The second kappa shape index (κ2) is 11.1. The molecule has 3 rings (SSSR count). The molecule has 1 aromatic heterocycles. The molecule has 1 N–H and O–H groups in total. The van der Waals surface area contributed by atoms with E-state index in [2.05, 4.69) is 4.98 Å². The first-order chi connectivity index (χ1) is 17.4. The van der Waals surface area contributed by atoms with Gasteiger partial charge in [0.05, 0.1) is 25.2 Å². The van der Waals surface area contributed by atoms with Gasteiger partial charge in [0.15, 0.2) is 0 Å². The van der Waals surface area contributed by atoms with Crippen LogP contribution in [0.1, 0.15) is 54.2 Å². The van der Waals surface area contributed by atoms with Crippen molar-refractivity contribution in [3.05, 3.63) is 45.9 Å². The second-order valence-electron chi connectivity index (χ2n) is 10.5. The maximum Gasteiger partial charge on any atom is 0.409 e. The van der Waals surface area contributed by atoms with Crippen molar-refractivity contribution in [1.29, 1.82) is 0 Å². The number of thiazole rings is 1. The maximum atomic E-state index is 14.1. The lowest BCUT2D eigenvalue weighted by Crippen LogP contribution is -2.44. The molecule has 0 spiro atoms. The number of amides is 2. The lowest BCUT2D eigenvalue weighted by atomic mass is 9.80. The zero-order valence-electron chi connectivity index (χ0n) is 22.3. The van der Waals surface area contributed by atoms with Crippen molar-refractivity contribution in [2.75, 3.05) is 41.5 Å². The Hall–Kier alpha value is -3.18. The van der Waals surface area contributed by atoms with Crippen LogP contribution in [0.25, 0.3) is 0 Å². The number of rotatable bonds is 8. The summed E-state index contributed by atoms with van der Waals surface area (Å²) in [4.78, 5) is 46.0. The number of aromatic nitrogens is 1. The Morgan fingerprint density at radius 1 is 1.22 bits per heavy atom. The number of hydrogen-bond donors (Lipinski definition) is 1. The zero-order valence-corrected chi connectivity index (χ0v) is 23.1. The summed E-state index contributed by atoms with van der Waals surface area (Å²) < 4.78 is 16.7. The van der Waals surface area contributed by atoms with E-state index in [1.165, 1.54) is 35.4 Å². The molecule has 202 valence electrons. The van der Waals surface area contributed by atoms with Gasteiger partial charge in [0.2, 0.25) is 0 Å². The molecule has 0 radical (unpaired) electrons. The van der Waals surface area contributed by atoms with Crippen LogP contribution in [0.2, 0.25) is 0 Å². The van der Waals surface area contributed by atoms with E-state index < -0.39 is 35.5 Å². The number of carboxylic acid groups (broad SMARTS) is 1. The molecule has 3 unspecified atom stereocenters. The van der Waals surface area contributed by atoms with Crippen LogP contribution in [-0.2, 0) is 19.7 Å². The quantitative estimate of drug-likeness (QED) is 0.544. The molecule has 11 heteroatoms. The minimum atomic E-state index is -1.19. The van der Waals surface area contributed by atoms with Gasteiger partial charge in [-0.3, -0.25) is 4.79 Å². The van der Waals surface area contributed by atoms with Gasteiger partial charge in [-0.1, -0.05) is 26.8 Å². The van der Waals surface area contributed by atoms with E-state index >= 15 is 0 Å². The van der Waals surface area contributed by atoms with E-state index in [4.69, 9.17) is 14.2 Å². The molecular weight excluding hydrogens is 498 g/mol. The highest BCUT2D eigenvalue weighted by molar-refractivity contribution is 7.09. The molecular formula is C26H35N3O7S. The fraction of sp³-hybridized carbons (Fsp3) is 0.538. The summed E-state index contributed by atoms with van der Waals surface area (Å²) >= 11 is 1.30. The number of ether oxygens (including phenoxy) is 3. The first-order valence-electron chi connectivity index (χ1n) is 11.8. The Morgan fingerprint density at radius 3 is 2.43 bits per heavy atom. The van der Waals surface area contributed by atoms with Gasteiger partial charge in [0.1, 0.15) is 23.4 Å². The van der Waals surface area contributed by atoms with Gasteiger partial charge in [-0.15, -0.1) is 11.3 Å². The third kappa shape index (κ3) is 5.72. The van der Waals surface area contributed by atoms with E-state index in [1.54, 1.807) is 37.8 Å². The van der Waals surface area contributed by atoms with Crippen molar-refractivity contribution in [3.8, 4) is 5.75 Å². The van der Waals surface area contributed by atoms with E-state index in [0.717, 1.165) is 5.56 Å². The van der Waals surface area contributed by atoms with Gasteiger partial charge >= 0.3 is 12.1 Å². The van der Waals surface area contributed by atoms with Crippen molar-refractivity contribution in [2.24, 2.45) is 5.41 Å². The average molecular weight is 534 g/mol. The third-order valence-electron chi connectivity index (χ3n) is 6.54. The third-order valence-corrected chi connectivity index (χ3v) is 7.36. The van der Waals surface area contributed by atoms with Crippen LogP contribution in [-0.4, -0.2) is 85.4 Å². The number of carboxylic acids is 1. The van der Waals surface area contributed by atoms with Crippen LogP contribution in [0.3, 0.4) is 0 Å². The van der Waals surface area contributed by atoms with Crippen LogP contribution in [0.4, 0.5) is 4.79 Å². The minimum absolute atomic E-state index is 0.0179. The molecule has 2 heterocycles. The standard InChI is InChI=1S/C26H35N3O7S/c1-25(2,3)17-9-8-16(12-19(17)35-7)22(30)29-18(23(31)32)13-26(14-34-6,15-36-24(33)28(4)5)20(29)21-27-10-11-37-21/h8-12,18,20H,13-15H2,1-7H3,(H,31,32). The van der Waals surface area contributed by atoms with Crippen molar-refractivity contribution < 1.29 is 33.7 Å². The molecule has 1 aliphatic rings. The predicted molar refractivity (Wildman–Crippen MR) is 138 cm³/mol. The first kappa shape index (κ1) is 28.4. The normalized spacial score (nSPS) is 21.5. The van der Waals surface area contributed by atoms with Gasteiger partial charge in [-0.05, 0) is 29.5 Å². The summed E-state index contributed by atoms with van der Waals surface area (Å²) in [5.41, 5.74) is -0.0519. The van der Waals surface area contributed by atoms with Crippen molar-refractivity contribution in [3.63, 3.8) is 0 Å². The smallest absolute Gasteiger partial charge is 0.409 e. The van der Waals surface area contributed by atoms with Crippen molar-refractivity contribution in [1.82, 2.24) is 14.8 Å². The molecule has 2 aromatic rings. The largest absolute Gasteiger partial charge is 0.496 e. The Labute approximate surface area is 221 Å². The minimum Gasteiger partial charge on any atom is -0.496 e. The second-order valence-corrected chi connectivity index (χ2v) is 11.4. The van der Waals surface area contributed by atoms with Crippen LogP contribution < -0.4 is 4.74 Å². The molecule has 1 aromatic carbocycles. The number of nitrogens with zero attached hydrogens (tertiary/aromatic N) is 3. The Morgan fingerprint density at radius 2 is 1.92 bits per heavy atom. The van der Waals surface area contributed by atoms with Crippen LogP contribution >= 0.6 is 11.3 Å². The molecule has 10 nitrogen and oxygen atoms in total. The Balaban J connectivity index is 2.14. The number of carbonyl (C=O) groups excluding carboxylic acids is 2. The Bertz CT molecular complexity index is 1130. The number of hydrogen-bond acceptors (Lipinski definition) is 8. The summed E-state index contributed by atoms with van der Waals surface area (Å²) in [6.07, 6.45) is 1.04. The predicted octanol–water partition coefficient (Wildman–Crippen LogP) is 3.82. The van der Waals surface area contributed by atoms with Gasteiger partial charge in [-0.2, -0.15) is 0 Å². The summed E-state index contributed by atoms with van der Waals surface area (Å²) in [5.74, 6) is -1.10. The van der Waals surface area contributed by atoms with Gasteiger partial charge in [-0.25, -0.2) is 14.6 Å². The summed E-state index contributed by atoms with van der Waals surface area (Å²) in [6, 6.07) is 3.17. The number of likely N-dealkylation sites (tertiary alicyclic amines) is 1. The van der Waals surface area contributed by atoms with E-state index in [1.807, 2.05) is 26.8 Å². The number of benzene rings is 1. The molecule has 1 saturated heterocycles. The number of aliphatic carboxylic acids is 1. The maximum absolute atomic E-state index is 14.1. The molecule has 3 atom stereocenters. The fourth-order valence-electron chi connectivity index (χ4n) is 4.82. The molecule has 0 aliphatic carbocycles. The lowest BCUT2D eigenvalue weighted by Gasteiger charge is -2.36. The van der Waals surface area contributed by atoms with E-state index in [-0.39, 0.29) is 30.6 Å². The molecule has 0 saturated carbocycles. The highest BCUT2D eigenvalue weighted by atomic mass is 32.1. The van der Waals surface area contributed by atoms with E-state index in [9.17, 15) is 19.5 Å². The topological polar surface area (TPSA) is 118 Å². The van der Waals surface area contributed by atoms with Gasteiger partial charge < -0.3 is 29.1 Å². The molecule has 37 heavy (non-hydrogen) atoms. The van der Waals surface area contributed by atoms with Crippen LogP contribution in [0.15, 0.2) is 29.8 Å². The van der Waals surface area contributed by atoms with Gasteiger partial charge in [0, 0.05) is 38.3 Å². The monoisotopic (exact) mass is 533 g/mol. The highest BCUT2D eigenvalue weighted by Gasteiger charge is 2.59. The summed E-state index contributed by atoms with van der Waals surface area (Å²) in [6.45, 7) is 6.03. The fourth-order valence-corrected chi connectivity index (χ4v) is 5.69. The van der Waals surface area contributed by atoms with E-state index in [0.29, 0.717) is 10.8 Å². The van der Waals surface area contributed by atoms with Crippen LogP contribution in [0, 0.1) is 5.41 Å². The molecule has 2 amide bonds. The Kier molecular flexibility index (Phi) is 8.49. The zero-order chi connectivity index (χ0) is 27.5. The molecule has 1 aliphatic heterocycles. The number of methoxy groups -OCH3 is 2. The average Bonchev–Trinajstić information content (AvgIpc) is 3.47. The van der Waals surface area contributed by atoms with Gasteiger partial charge in [0.25, 0.3) is 5.91 Å². The lowest BCUT2D eigenvalue weighted by molar-refractivity contribution is -0.141.